The van der Waals surface area contributed by atoms with Gasteiger partial charge in [0.25, 0.3) is 0 Å². The summed E-state index contributed by atoms with van der Waals surface area (Å²) in [6.07, 6.45) is 0. The minimum absolute atomic E-state index is 1.12. The van der Waals surface area contributed by atoms with E-state index in [9.17, 15) is 0 Å². The molecular formula is C14H13Br. The molecule has 15 heavy (non-hydrogen) atoms. The van der Waals surface area contributed by atoms with Crippen LogP contribution in [0.1, 0.15) is 11.1 Å². The van der Waals surface area contributed by atoms with Crippen molar-refractivity contribution in [2.75, 3.05) is 0 Å². The molecule has 0 aromatic heterocycles. The van der Waals surface area contributed by atoms with Gasteiger partial charge in [0.05, 0.1) is 0 Å². The molecular weight excluding hydrogens is 248 g/mol. The summed E-state index contributed by atoms with van der Waals surface area (Å²) in [4.78, 5) is 0. The molecule has 0 saturated carbocycles. The van der Waals surface area contributed by atoms with Gasteiger partial charge < -0.3 is 0 Å². The molecule has 2 rings (SSSR count). The predicted octanol–water partition coefficient (Wildman–Crippen LogP) is 4.73. The zero-order chi connectivity index (χ0) is 10.8. The zero-order valence-corrected chi connectivity index (χ0v) is 10.5. The van der Waals surface area contributed by atoms with E-state index in [1.54, 1.807) is 0 Å². The van der Waals surface area contributed by atoms with Crippen LogP contribution in [0.25, 0.3) is 11.1 Å². The summed E-state index contributed by atoms with van der Waals surface area (Å²) in [7, 11) is 0. The van der Waals surface area contributed by atoms with Gasteiger partial charge in [-0.3, -0.25) is 0 Å². The van der Waals surface area contributed by atoms with Crippen molar-refractivity contribution in [2.24, 2.45) is 0 Å². The molecule has 0 saturated heterocycles. The molecule has 1 heteroatoms. The van der Waals surface area contributed by atoms with Crippen LogP contribution < -0.4 is 0 Å². The fourth-order valence-corrected chi connectivity index (χ4v) is 2.15. The Hall–Kier alpha value is -1.08. The summed E-state index contributed by atoms with van der Waals surface area (Å²) < 4.78 is 1.12. The average Bonchev–Trinajstić information content (AvgIpc) is 2.20. The molecule has 2 aromatic carbocycles. The number of hydrogen-bond donors (Lipinski definition) is 0. The van der Waals surface area contributed by atoms with Crippen LogP contribution in [0.3, 0.4) is 0 Å². The zero-order valence-electron chi connectivity index (χ0n) is 8.92. The molecule has 0 heterocycles. The topological polar surface area (TPSA) is 0 Å². The number of halogens is 1. The lowest BCUT2D eigenvalue weighted by Crippen LogP contribution is -1.86. The Morgan fingerprint density at radius 2 is 1.33 bits per heavy atom. The highest BCUT2D eigenvalue weighted by Crippen LogP contribution is 2.27. The fraction of sp³-hybridized carbons (Fsp3) is 0.143. The summed E-state index contributed by atoms with van der Waals surface area (Å²) in [5.41, 5.74) is 5.30. The van der Waals surface area contributed by atoms with Crippen molar-refractivity contribution < 1.29 is 0 Å². The Morgan fingerprint density at radius 1 is 0.800 bits per heavy atom. The van der Waals surface area contributed by atoms with E-state index < -0.39 is 0 Å². The van der Waals surface area contributed by atoms with Crippen molar-refractivity contribution >= 4 is 15.9 Å². The Kier molecular flexibility index (Phi) is 2.92. The summed E-state index contributed by atoms with van der Waals surface area (Å²) in [5.74, 6) is 0. The molecule has 76 valence electrons. The third-order valence-electron chi connectivity index (χ3n) is 2.61. The van der Waals surface area contributed by atoms with Crippen LogP contribution in [-0.2, 0) is 0 Å². The summed E-state index contributed by atoms with van der Waals surface area (Å²) >= 11 is 3.46. The van der Waals surface area contributed by atoms with Crippen LogP contribution in [-0.4, -0.2) is 0 Å². The maximum absolute atomic E-state index is 3.46. The van der Waals surface area contributed by atoms with Gasteiger partial charge in [0.15, 0.2) is 0 Å². The third-order valence-corrected chi connectivity index (χ3v) is 3.14. The second-order valence-electron chi connectivity index (χ2n) is 3.77. The number of hydrogen-bond acceptors (Lipinski definition) is 0. The predicted molar refractivity (Wildman–Crippen MR) is 69.1 cm³/mol. The van der Waals surface area contributed by atoms with E-state index in [1.807, 2.05) is 0 Å². The molecule has 0 aliphatic rings. The highest BCUT2D eigenvalue weighted by atomic mass is 79.9. The van der Waals surface area contributed by atoms with Gasteiger partial charge in [-0.15, -0.1) is 0 Å². The minimum Gasteiger partial charge on any atom is -0.0617 e. The molecule has 0 radical (unpaired) electrons. The lowest BCUT2D eigenvalue weighted by Gasteiger charge is -2.09. The van der Waals surface area contributed by atoms with Gasteiger partial charge in [0.2, 0.25) is 0 Å². The third kappa shape index (κ3) is 2.13. The number of aryl methyl sites for hydroxylation is 2. The van der Waals surface area contributed by atoms with Crippen molar-refractivity contribution in [3.8, 4) is 11.1 Å². The molecule has 0 N–H and O–H groups in total. The minimum atomic E-state index is 1.12. The van der Waals surface area contributed by atoms with E-state index >= 15 is 0 Å². The molecule has 0 aliphatic heterocycles. The van der Waals surface area contributed by atoms with Gasteiger partial charge in [0, 0.05) is 4.47 Å². The van der Waals surface area contributed by atoms with Crippen molar-refractivity contribution in [3.05, 3.63) is 58.1 Å². The van der Waals surface area contributed by atoms with Crippen molar-refractivity contribution in [1.82, 2.24) is 0 Å². The molecule has 0 aliphatic carbocycles. The Bertz CT molecular complexity index is 449. The van der Waals surface area contributed by atoms with E-state index in [0.717, 1.165) is 4.47 Å². The second-order valence-corrected chi connectivity index (χ2v) is 4.69. The van der Waals surface area contributed by atoms with E-state index in [0.29, 0.717) is 0 Å². The quantitative estimate of drug-likeness (QED) is 0.696. The fourth-order valence-electron chi connectivity index (χ4n) is 1.89. The SMILES string of the molecule is Cc1cccc(C)c1-c1ccc(Br)cc1. The van der Waals surface area contributed by atoms with Crippen LogP contribution in [0.2, 0.25) is 0 Å². The highest BCUT2D eigenvalue weighted by Gasteiger charge is 2.04. The van der Waals surface area contributed by atoms with Crippen LogP contribution >= 0.6 is 15.9 Å². The van der Waals surface area contributed by atoms with Gasteiger partial charge in [0.1, 0.15) is 0 Å². The monoisotopic (exact) mass is 260 g/mol. The first-order valence-electron chi connectivity index (χ1n) is 5.00. The van der Waals surface area contributed by atoms with Gasteiger partial charge in [-0.2, -0.15) is 0 Å². The van der Waals surface area contributed by atoms with Crippen molar-refractivity contribution in [2.45, 2.75) is 13.8 Å². The largest absolute Gasteiger partial charge is 0.0617 e. The molecule has 0 atom stereocenters. The average molecular weight is 261 g/mol. The highest BCUT2D eigenvalue weighted by molar-refractivity contribution is 9.10. The lowest BCUT2D eigenvalue weighted by molar-refractivity contribution is 1.38. The molecule has 0 unspecified atom stereocenters. The van der Waals surface area contributed by atoms with Crippen molar-refractivity contribution in [3.63, 3.8) is 0 Å². The smallest absolute Gasteiger partial charge is 0.0175 e. The lowest BCUT2D eigenvalue weighted by atomic mass is 9.96. The van der Waals surface area contributed by atoms with E-state index in [2.05, 4.69) is 72.2 Å². The van der Waals surface area contributed by atoms with Crippen LogP contribution in [0, 0.1) is 13.8 Å². The number of rotatable bonds is 1. The van der Waals surface area contributed by atoms with Gasteiger partial charge in [-0.25, -0.2) is 0 Å². The van der Waals surface area contributed by atoms with Crippen LogP contribution in [0.15, 0.2) is 46.9 Å². The normalized spacial score (nSPS) is 10.3. The first kappa shape index (κ1) is 10.4. The molecule has 0 spiro atoms. The summed E-state index contributed by atoms with van der Waals surface area (Å²) in [6.45, 7) is 4.31. The van der Waals surface area contributed by atoms with E-state index in [-0.39, 0.29) is 0 Å². The van der Waals surface area contributed by atoms with Crippen LogP contribution in [0.5, 0.6) is 0 Å². The van der Waals surface area contributed by atoms with Gasteiger partial charge in [-0.1, -0.05) is 46.3 Å². The standard InChI is InChI=1S/C14H13Br/c1-10-4-3-5-11(2)14(10)12-6-8-13(15)9-7-12/h3-9H,1-2H3. The molecule has 2 aromatic rings. The first-order valence-corrected chi connectivity index (χ1v) is 5.80. The van der Waals surface area contributed by atoms with Gasteiger partial charge in [-0.05, 0) is 48.2 Å². The molecule has 0 fully saturated rings. The first-order chi connectivity index (χ1) is 7.18. The Morgan fingerprint density at radius 3 is 1.87 bits per heavy atom. The molecule has 0 amide bonds. The maximum Gasteiger partial charge on any atom is 0.0175 e. The number of benzene rings is 2. The van der Waals surface area contributed by atoms with E-state index in [4.69, 9.17) is 0 Å². The second kappa shape index (κ2) is 4.19. The Balaban J connectivity index is 2.58. The van der Waals surface area contributed by atoms with Crippen molar-refractivity contribution in [1.29, 1.82) is 0 Å². The van der Waals surface area contributed by atoms with Crippen LogP contribution in [0.4, 0.5) is 0 Å². The van der Waals surface area contributed by atoms with E-state index in [1.165, 1.54) is 22.3 Å². The Labute approximate surface area is 99.1 Å². The summed E-state index contributed by atoms with van der Waals surface area (Å²) in [5, 5.41) is 0. The van der Waals surface area contributed by atoms with Gasteiger partial charge >= 0.3 is 0 Å². The summed E-state index contributed by atoms with van der Waals surface area (Å²) in [6, 6.07) is 14.9. The molecule has 0 bridgehead atoms. The maximum atomic E-state index is 3.46. The molecule has 0 nitrogen and oxygen atoms in total.